The third kappa shape index (κ3) is 3.74. The first-order chi connectivity index (χ1) is 8.97. The lowest BCUT2D eigenvalue weighted by Gasteiger charge is -2.29. The number of amides is 1. The van der Waals surface area contributed by atoms with Gasteiger partial charge in [-0.25, -0.2) is 17.7 Å². The van der Waals surface area contributed by atoms with E-state index in [1.165, 1.54) is 10.6 Å². The molecule has 0 aromatic carbocycles. The van der Waals surface area contributed by atoms with Gasteiger partial charge in [-0.15, -0.1) is 0 Å². The molecular weight excluding hydrogens is 266 g/mol. The van der Waals surface area contributed by atoms with Crippen molar-refractivity contribution in [3.63, 3.8) is 0 Å². The molecule has 1 atom stereocenters. The summed E-state index contributed by atoms with van der Waals surface area (Å²) >= 11 is 0. The highest BCUT2D eigenvalue weighted by Crippen LogP contribution is 2.20. The van der Waals surface area contributed by atoms with Crippen molar-refractivity contribution in [1.82, 2.24) is 9.29 Å². The van der Waals surface area contributed by atoms with Gasteiger partial charge in [-0.1, -0.05) is 6.07 Å². The van der Waals surface area contributed by atoms with E-state index in [4.69, 9.17) is 0 Å². The Kier molecular flexibility index (Phi) is 4.16. The van der Waals surface area contributed by atoms with Gasteiger partial charge < -0.3 is 5.32 Å². The summed E-state index contributed by atoms with van der Waals surface area (Å²) in [6.07, 6.45) is 4.17. The zero-order valence-corrected chi connectivity index (χ0v) is 11.6. The molecular formula is C12H17N3O3S. The van der Waals surface area contributed by atoms with Crippen LogP contribution in [-0.4, -0.2) is 43.0 Å². The number of nitrogens with zero attached hydrogens (tertiary/aromatic N) is 2. The lowest BCUT2D eigenvalue weighted by atomic mass is 9.99. The van der Waals surface area contributed by atoms with Gasteiger partial charge in [-0.2, -0.15) is 0 Å². The average molecular weight is 283 g/mol. The molecule has 1 amide bonds. The van der Waals surface area contributed by atoms with Gasteiger partial charge in [0.15, 0.2) is 0 Å². The number of pyridine rings is 1. The molecule has 0 radical (unpaired) electrons. The van der Waals surface area contributed by atoms with Crippen molar-refractivity contribution in [2.24, 2.45) is 5.92 Å². The Bertz CT molecular complexity index is 545. The van der Waals surface area contributed by atoms with Crippen LogP contribution in [0.4, 0.5) is 5.82 Å². The fourth-order valence-corrected chi connectivity index (χ4v) is 3.03. The van der Waals surface area contributed by atoms with E-state index in [1.54, 1.807) is 24.4 Å². The number of hydrogen-bond donors (Lipinski definition) is 1. The Hall–Kier alpha value is -1.47. The Balaban J connectivity index is 2.00. The summed E-state index contributed by atoms with van der Waals surface area (Å²) in [7, 11) is -3.23. The van der Waals surface area contributed by atoms with E-state index in [-0.39, 0.29) is 18.4 Å². The van der Waals surface area contributed by atoms with Gasteiger partial charge in [0.25, 0.3) is 0 Å². The Labute approximate surface area is 112 Å². The lowest BCUT2D eigenvalue weighted by Crippen LogP contribution is -2.43. The Morgan fingerprint density at radius 2 is 2.26 bits per heavy atom. The number of carbonyl (C=O) groups excluding carboxylic acids is 1. The van der Waals surface area contributed by atoms with Crippen molar-refractivity contribution < 1.29 is 13.2 Å². The standard InChI is InChI=1S/C12H17N3O3S/c1-19(17,18)15-8-4-5-10(9-15)12(16)14-11-6-2-3-7-13-11/h2-3,6-7,10H,4-5,8-9H2,1H3,(H,13,14,16)/t10-/m0/s1. The van der Waals surface area contributed by atoms with E-state index < -0.39 is 10.0 Å². The minimum atomic E-state index is -3.23. The van der Waals surface area contributed by atoms with E-state index in [1.807, 2.05) is 0 Å². The molecule has 0 spiro atoms. The zero-order valence-electron chi connectivity index (χ0n) is 10.7. The first kappa shape index (κ1) is 14.0. The second-order valence-electron chi connectivity index (χ2n) is 4.66. The first-order valence-corrected chi connectivity index (χ1v) is 7.98. The molecule has 0 unspecified atom stereocenters. The maximum atomic E-state index is 12.1. The highest BCUT2D eigenvalue weighted by atomic mass is 32.2. The second kappa shape index (κ2) is 5.66. The zero-order chi connectivity index (χ0) is 13.9. The minimum Gasteiger partial charge on any atom is -0.310 e. The molecule has 1 saturated heterocycles. The van der Waals surface area contributed by atoms with Crippen LogP contribution in [-0.2, 0) is 14.8 Å². The molecule has 1 N–H and O–H groups in total. The predicted octanol–water partition coefficient (Wildman–Crippen LogP) is 0.692. The van der Waals surface area contributed by atoms with Crippen LogP contribution in [0.2, 0.25) is 0 Å². The van der Waals surface area contributed by atoms with Crippen LogP contribution in [0.3, 0.4) is 0 Å². The number of sulfonamides is 1. The molecule has 1 aromatic rings. The van der Waals surface area contributed by atoms with Gasteiger partial charge in [0.2, 0.25) is 15.9 Å². The Morgan fingerprint density at radius 3 is 2.89 bits per heavy atom. The van der Waals surface area contributed by atoms with Crippen molar-refractivity contribution in [1.29, 1.82) is 0 Å². The van der Waals surface area contributed by atoms with E-state index in [9.17, 15) is 13.2 Å². The molecule has 2 heterocycles. The topological polar surface area (TPSA) is 79.4 Å². The van der Waals surface area contributed by atoms with E-state index in [0.29, 0.717) is 25.2 Å². The molecule has 6 nitrogen and oxygen atoms in total. The number of anilines is 1. The van der Waals surface area contributed by atoms with Crippen LogP contribution in [0.25, 0.3) is 0 Å². The van der Waals surface area contributed by atoms with Gasteiger partial charge in [0, 0.05) is 19.3 Å². The predicted molar refractivity (Wildman–Crippen MR) is 72.0 cm³/mol. The van der Waals surface area contributed by atoms with Gasteiger partial charge in [0.05, 0.1) is 12.2 Å². The van der Waals surface area contributed by atoms with Crippen molar-refractivity contribution >= 4 is 21.7 Å². The second-order valence-corrected chi connectivity index (χ2v) is 6.65. The first-order valence-electron chi connectivity index (χ1n) is 6.14. The maximum absolute atomic E-state index is 12.1. The molecule has 0 bridgehead atoms. The van der Waals surface area contributed by atoms with Crippen LogP contribution >= 0.6 is 0 Å². The number of piperidine rings is 1. The lowest BCUT2D eigenvalue weighted by molar-refractivity contribution is -0.120. The number of carbonyl (C=O) groups is 1. The smallest absolute Gasteiger partial charge is 0.229 e. The summed E-state index contributed by atoms with van der Waals surface area (Å²) in [4.78, 5) is 16.1. The van der Waals surface area contributed by atoms with Gasteiger partial charge >= 0.3 is 0 Å². The molecule has 1 fully saturated rings. The minimum absolute atomic E-state index is 0.174. The highest BCUT2D eigenvalue weighted by Gasteiger charge is 2.30. The fraction of sp³-hybridized carbons (Fsp3) is 0.500. The van der Waals surface area contributed by atoms with Crippen LogP contribution in [0.15, 0.2) is 24.4 Å². The Morgan fingerprint density at radius 1 is 1.47 bits per heavy atom. The number of hydrogen-bond acceptors (Lipinski definition) is 4. The van der Waals surface area contributed by atoms with Crippen LogP contribution in [0.5, 0.6) is 0 Å². The van der Waals surface area contributed by atoms with Crippen molar-refractivity contribution in [3.05, 3.63) is 24.4 Å². The molecule has 7 heteroatoms. The molecule has 1 aliphatic heterocycles. The third-order valence-corrected chi connectivity index (χ3v) is 4.41. The molecule has 1 aromatic heterocycles. The summed E-state index contributed by atoms with van der Waals surface area (Å²) < 4.78 is 24.3. The number of nitrogens with one attached hydrogen (secondary N) is 1. The van der Waals surface area contributed by atoms with Gasteiger partial charge in [-0.3, -0.25) is 4.79 Å². The fourth-order valence-electron chi connectivity index (χ4n) is 2.12. The van der Waals surface area contributed by atoms with E-state index in [0.717, 1.165) is 0 Å². The number of aromatic nitrogens is 1. The highest BCUT2D eigenvalue weighted by molar-refractivity contribution is 7.88. The normalized spacial score (nSPS) is 21.0. The summed E-state index contributed by atoms with van der Waals surface area (Å²) in [6.45, 7) is 0.740. The summed E-state index contributed by atoms with van der Waals surface area (Å²) in [6, 6.07) is 5.25. The number of rotatable bonds is 3. The average Bonchev–Trinajstić information content (AvgIpc) is 2.39. The summed E-state index contributed by atoms with van der Waals surface area (Å²) in [5, 5.41) is 2.71. The molecule has 104 valence electrons. The largest absolute Gasteiger partial charge is 0.310 e. The van der Waals surface area contributed by atoms with Crippen molar-refractivity contribution in [2.45, 2.75) is 12.8 Å². The maximum Gasteiger partial charge on any atom is 0.229 e. The monoisotopic (exact) mass is 283 g/mol. The quantitative estimate of drug-likeness (QED) is 0.885. The molecule has 1 aliphatic rings. The van der Waals surface area contributed by atoms with Crippen LogP contribution in [0, 0.1) is 5.92 Å². The third-order valence-electron chi connectivity index (χ3n) is 3.14. The van der Waals surface area contributed by atoms with E-state index >= 15 is 0 Å². The molecule has 2 rings (SSSR count). The van der Waals surface area contributed by atoms with Crippen LogP contribution < -0.4 is 5.32 Å². The van der Waals surface area contributed by atoms with Crippen molar-refractivity contribution in [3.8, 4) is 0 Å². The summed E-state index contributed by atoms with van der Waals surface area (Å²) in [5.74, 6) is 0.00140. The SMILES string of the molecule is CS(=O)(=O)N1CCC[C@H](C(=O)Nc2ccccn2)C1. The molecule has 19 heavy (non-hydrogen) atoms. The summed E-state index contributed by atoms with van der Waals surface area (Å²) in [5.41, 5.74) is 0. The van der Waals surface area contributed by atoms with Crippen molar-refractivity contribution in [2.75, 3.05) is 24.7 Å². The van der Waals surface area contributed by atoms with Crippen LogP contribution in [0.1, 0.15) is 12.8 Å². The molecule has 0 aliphatic carbocycles. The van der Waals surface area contributed by atoms with E-state index in [2.05, 4.69) is 10.3 Å². The van der Waals surface area contributed by atoms with Gasteiger partial charge in [0.1, 0.15) is 5.82 Å². The van der Waals surface area contributed by atoms with Gasteiger partial charge in [-0.05, 0) is 25.0 Å². The molecule has 0 saturated carbocycles.